The van der Waals surface area contributed by atoms with Crippen molar-refractivity contribution in [2.75, 3.05) is 25.5 Å². The van der Waals surface area contributed by atoms with Gasteiger partial charge in [0.25, 0.3) is 0 Å². The highest BCUT2D eigenvalue weighted by atomic mass is 19.1. The maximum Gasteiger partial charge on any atom is 0.246 e. The number of furan rings is 1. The Morgan fingerprint density at radius 1 is 1.44 bits per heavy atom. The van der Waals surface area contributed by atoms with Gasteiger partial charge in [-0.1, -0.05) is 12.1 Å². The fourth-order valence-corrected chi connectivity index (χ4v) is 3.99. The molecule has 1 atom stereocenters. The predicted molar refractivity (Wildman–Crippen MR) is 126 cm³/mol. The van der Waals surface area contributed by atoms with Crippen LogP contribution in [0.4, 0.5) is 10.2 Å². The van der Waals surface area contributed by atoms with E-state index >= 15 is 0 Å². The minimum atomic E-state index is -0.428. The molecule has 0 bridgehead atoms. The number of para-hydroxylation sites is 1. The lowest BCUT2D eigenvalue weighted by Crippen LogP contribution is -2.41. The van der Waals surface area contributed by atoms with Crippen molar-refractivity contribution in [3.05, 3.63) is 64.8 Å². The molecular weight excluding hydrogens is 439 g/mol. The number of nitrogens with zero attached hydrogens (tertiary/aromatic N) is 2. The van der Waals surface area contributed by atoms with Crippen LogP contribution in [0.5, 0.6) is 0 Å². The van der Waals surface area contributed by atoms with Crippen LogP contribution in [0.2, 0.25) is 0 Å². The number of anilines is 1. The van der Waals surface area contributed by atoms with Crippen molar-refractivity contribution in [2.24, 2.45) is 0 Å². The molecule has 8 nitrogen and oxygen atoms in total. The summed E-state index contributed by atoms with van der Waals surface area (Å²) >= 11 is 0. The quantitative estimate of drug-likeness (QED) is 0.462. The van der Waals surface area contributed by atoms with Crippen molar-refractivity contribution in [2.45, 2.75) is 32.4 Å². The smallest absolute Gasteiger partial charge is 0.246 e. The molecule has 0 saturated heterocycles. The van der Waals surface area contributed by atoms with Gasteiger partial charge in [-0.05, 0) is 49.1 Å². The third-order valence-electron chi connectivity index (χ3n) is 5.94. The maximum absolute atomic E-state index is 14.0. The summed E-state index contributed by atoms with van der Waals surface area (Å²) in [6.45, 7) is 2.35. The second-order valence-corrected chi connectivity index (χ2v) is 8.33. The first kappa shape index (κ1) is 23.6. The Morgan fingerprint density at radius 3 is 3.03 bits per heavy atom. The number of rotatable bonds is 7. The van der Waals surface area contributed by atoms with Crippen LogP contribution in [0.1, 0.15) is 28.9 Å². The number of pyridine rings is 1. The van der Waals surface area contributed by atoms with E-state index in [-0.39, 0.29) is 30.5 Å². The molecule has 1 aromatic carbocycles. The summed E-state index contributed by atoms with van der Waals surface area (Å²) in [5.74, 6) is 0.197. The molecule has 0 aliphatic carbocycles. The molecule has 1 aliphatic heterocycles. The summed E-state index contributed by atoms with van der Waals surface area (Å²) in [5.41, 5.74) is 2.62. The van der Waals surface area contributed by atoms with Crippen molar-refractivity contribution >= 4 is 34.7 Å². The van der Waals surface area contributed by atoms with Crippen molar-refractivity contribution in [1.82, 2.24) is 15.2 Å². The molecule has 0 spiro atoms. The minimum Gasteiger partial charge on any atom is -0.456 e. The Bertz CT molecular complexity index is 1250. The van der Waals surface area contributed by atoms with Crippen LogP contribution < -0.4 is 10.6 Å². The van der Waals surface area contributed by atoms with E-state index in [0.29, 0.717) is 36.4 Å². The zero-order valence-electron chi connectivity index (χ0n) is 19.1. The number of fused-ring (bicyclic) bond motifs is 2. The Labute approximate surface area is 196 Å². The van der Waals surface area contributed by atoms with Gasteiger partial charge < -0.3 is 25.1 Å². The molecule has 0 fully saturated rings. The van der Waals surface area contributed by atoms with Gasteiger partial charge in [0, 0.05) is 36.8 Å². The molecule has 0 unspecified atom stereocenters. The molecule has 0 radical (unpaired) electrons. The summed E-state index contributed by atoms with van der Waals surface area (Å²) < 4.78 is 19.7. The number of aliphatic hydroxyl groups is 1. The molecule has 3 N–H and O–H groups in total. The van der Waals surface area contributed by atoms with Crippen LogP contribution in [-0.2, 0) is 22.6 Å². The van der Waals surface area contributed by atoms with E-state index in [1.807, 2.05) is 13.0 Å². The van der Waals surface area contributed by atoms with E-state index in [9.17, 15) is 14.0 Å². The largest absolute Gasteiger partial charge is 0.456 e. The molecule has 9 heteroatoms. The number of aromatic nitrogens is 1. The van der Waals surface area contributed by atoms with Crippen LogP contribution >= 0.6 is 0 Å². The van der Waals surface area contributed by atoms with Gasteiger partial charge in [-0.2, -0.15) is 0 Å². The molecule has 178 valence electrons. The van der Waals surface area contributed by atoms with E-state index in [4.69, 9.17) is 9.52 Å². The van der Waals surface area contributed by atoms with Gasteiger partial charge in [-0.25, -0.2) is 9.37 Å². The fourth-order valence-electron chi connectivity index (χ4n) is 3.99. The number of nitrogens with one attached hydrogen (secondary N) is 2. The Morgan fingerprint density at radius 2 is 2.26 bits per heavy atom. The van der Waals surface area contributed by atoms with Crippen molar-refractivity contribution in [1.29, 1.82) is 0 Å². The average molecular weight is 467 g/mol. The average Bonchev–Trinajstić information content (AvgIpc) is 3.05. The number of aryl methyl sites for hydroxylation is 2. The molecule has 2 amide bonds. The van der Waals surface area contributed by atoms with E-state index in [1.165, 1.54) is 17.0 Å². The normalized spacial score (nSPS) is 15.9. The zero-order chi connectivity index (χ0) is 24.2. The van der Waals surface area contributed by atoms with Crippen LogP contribution in [0.3, 0.4) is 0 Å². The molecule has 4 rings (SSSR count). The molecule has 34 heavy (non-hydrogen) atoms. The third kappa shape index (κ3) is 5.00. The lowest BCUT2D eigenvalue weighted by Gasteiger charge is -2.14. The molecule has 1 aliphatic rings. The minimum absolute atomic E-state index is 0.0425. The van der Waals surface area contributed by atoms with Gasteiger partial charge in [0.05, 0.1) is 19.2 Å². The number of benzene rings is 1. The summed E-state index contributed by atoms with van der Waals surface area (Å²) in [6, 6.07) is 6.27. The monoisotopic (exact) mass is 466 g/mol. The Hall–Kier alpha value is -3.56. The molecule has 0 saturated carbocycles. The number of hydrogen-bond acceptors (Lipinski definition) is 6. The first-order chi connectivity index (χ1) is 16.4. The lowest BCUT2D eigenvalue weighted by atomic mass is 10.1. The fraction of sp³-hybridized carbons (Fsp3) is 0.320. The predicted octanol–water partition coefficient (Wildman–Crippen LogP) is 2.78. The number of aliphatic hydroxyl groups excluding tert-OH is 1. The topological polar surface area (TPSA) is 108 Å². The van der Waals surface area contributed by atoms with Crippen LogP contribution in [-0.4, -0.2) is 53.0 Å². The molecular formula is C25H27FN4O4. The maximum atomic E-state index is 14.0. The number of amides is 2. The second kappa shape index (κ2) is 10.1. The standard InChI is InChI=1S/C25H27FN4O4/c1-15-18-4-3-5-19(26)23(18)34-21(15)14-30(2)22(32)9-6-16-12-17-7-8-20(27-10-11-31)25(33)29-24(17)28-13-16/h3-6,9,12-13,20,27,31H,7-8,10-11,14H2,1-2H3,(H,28,29,33)/b9-6+/t20-/m0/s1. The van der Waals surface area contributed by atoms with Gasteiger partial charge in [-0.15, -0.1) is 0 Å². The summed E-state index contributed by atoms with van der Waals surface area (Å²) in [4.78, 5) is 30.8. The van der Waals surface area contributed by atoms with Gasteiger partial charge in [0.2, 0.25) is 11.8 Å². The van der Waals surface area contributed by atoms with Gasteiger partial charge in [-0.3, -0.25) is 9.59 Å². The molecule has 3 heterocycles. The number of halogens is 1. The zero-order valence-corrected chi connectivity index (χ0v) is 19.1. The number of carbonyl (C=O) groups is 2. The van der Waals surface area contributed by atoms with Gasteiger partial charge in [0.15, 0.2) is 11.4 Å². The van der Waals surface area contributed by atoms with E-state index in [2.05, 4.69) is 15.6 Å². The molecule has 2 aromatic heterocycles. The first-order valence-electron chi connectivity index (χ1n) is 11.1. The summed E-state index contributed by atoms with van der Waals surface area (Å²) in [5, 5.41) is 15.5. The van der Waals surface area contributed by atoms with Gasteiger partial charge in [0.1, 0.15) is 11.6 Å². The summed E-state index contributed by atoms with van der Waals surface area (Å²) in [6.07, 6.45) is 5.92. The second-order valence-electron chi connectivity index (χ2n) is 8.33. The van der Waals surface area contributed by atoms with E-state index < -0.39 is 11.9 Å². The Balaban J connectivity index is 1.43. The van der Waals surface area contributed by atoms with Crippen LogP contribution in [0.15, 0.2) is 41.0 Å². The highest BCUT2D eigenvalue weighted by Crippen LogP contribution is 2.28. The highest BCUT2D eigenvalue weighted by molar-refractivity contribution is 5.95. The van der Waals surface area contributed by atoms with E-state index in [0.717, 1.165) is 16.7 Å². The van der Waals surface area contributed by atoms with Crippen LogP contribution in [0.25, 0.3) is 17.0 Å². The van der Waals surface area contributed by atoms with E-state index in [1.54, 1.807) is 31.5 Å². The first-order valence-corrected chi connectivity index (χ1v) is 11.1. The highest BCUT2D eigenvalue weighted by Gasteiger charge is 2.23. The summed E-state index contributed by atoms with van der Waals surface area (Å²) in [7, 11) is 1.65. The third-order valence-corrected chi connectivity index (χ3v) is 5.94. The number of likely N-dealkylation sites (N-methyl/N-ethyl adjacent to an activating group) is 1. The molecule has 3 aromatic rings. The van der Waals surface area contributed by atoms with Gasteiger partial charge >= 0.3 is 0 Å². The Kier molecular flexibility index (Phi) is 7.04. The lowest BCUT2D eigenvalue weighted by molar-refractivity contribution is -0.125. The van der Waals surface area contributed by atoms with Crippen LogP contribution in [0, 0.1) is 12.7 Å². The van der Waals surface area contributed by atoms with Crippen molar-refractivity contribution in [3.8, 4) is 0 Å². The SMILES string of the molecule is Cc1c(CN(C)C(=O)/C=C/c2cnc3c(c2)CC[C@H](NCCO)C(=O)N3)oc2c(F)cccc12. The number of carbonyl (C=O) groups excluding carboxylic acids is 2. The number of hydrogen-bond donors (Lipinski definition) is 3. The van der Waals surface area contributed by atoms with Crippen molar-refractivity contribution in [3.63, 3.8) is 0 Å². The van der Waals surface area contributed by atoms with Crippen molar-refractivity contribution < 1.29 is 23.5 Å².